The Labute approximate surface area is 121 Å². The molecule has 0 bridgehead atoms. The summed E-state index contributed by atoms with van der Waals surface area (Å²) < 4.78 is 5.55. The molecule has 1 atom stereocenters. The molecule has 0 fully saturated rings. The molecule has 112 valence electrons. The minimum Gasteiger partial charge on any atom is -0.484 e. The number of hydrogen-bond donors (Lipinski definition) is 2. The lowest BCUT2D eigenvalue weighted by Crippen LogP contribution is -2.47. The maximum atomic E-state index is 11.9. The molecule has 4 heteroatoms. The highest BCUT2D eigenvalue weighted by molar-refractivity contribution is 5.78. The summed E-state index contributed by atoms with van der Waals surface area (Å²) in [6.07, 6.45) is 1.31. The van der Waals surface area contributed by atoms with Gasteiger partial charge in [0, 0.05) is 12.1 Å². The van der Waals surface area contributed by atoms with Gasteiger partial charge < -0.3 is 15.2 Å². The van der Waals surface area contributed by atoms with Crippen LogP contribution in [-0.4, -0.2) is 29.8 Å². The highest BCUT2D eigenvalue weighted by Gasteiger charge is 2.23. The average Bonchev–Trinajstić information content (AvgIpc) is 2.38. The Balaban J connectivity index is 2.54. The molecule has 0 heterocycles. The number of amides is 1. The fraction of sp³-hybridized carbons (Fsp3) is 0.562. The zero-order valence-electron chi connectivity index (χ0n) is 12.8. The fourth-order valence-corrected chi connectivity index (χ4v) is 2.05. The number of aliphatic hydroxyl groups is 1. The second-order valence-corrected chi connectivity index (χ2v) is 5.49. The Morgan fingerprint density at radius 2 is 2.10 bits per heavy atom. The van der Waals surface area contributed by atoms with E-state index in [1.54, 1.807) is 0 Å². The highest BCUT2D eigenvalue weighted by atomic mass is 16.5. The van der Waals surface area contributed by atoms with Crippen molar-refractivity contribution in [3.05, 3.63) is 29.3 Å². The Bertz CT molecular complexity index is 459. The van der Waals surface area contributed by atoms with Gasteiger partial charge in [-0.1, -0.05) is 24.6 Å². The molecule has 0 aliphatic carbocycles. The summed E-state index contributed by atoms with van der Waals surface area (Å²) in [5, 5.41) is 12.0. The van der Waals surface area contributed by atoms with Crippen LogP contribution in [0.5, 0.6) is 5.75 Å². The van der Waals surface area contributed by atoms with Gasteiger partial charge in [0.25, 0.3) is 5.91 Å². The fourth-order valence-electron chi connectivity index (χ4n) is 2.05. The normalized spacial score (nSPS) is 13.7. The Hall–Kier alpha value is -1.55. The molecule has 2 N–H and O–H groups in total. The van der Waals surface area contributed by atoms with Crippen molar-refractivity contribution in [3.8, 4) is 5.75 Å². The van der Waals surface area contributed by atoms with Crippen molar-refractivity contribution >= 4 is 5.91 Å². The summed E-state index contributed by atoms with van der Waals surface area (Å²) in [6, 6.07) is 5.86. The molecule has 0 spiro atoms. The average molecular weight is 279 g/mol. The van der Waals surface area contributed by atoms with Crippen LogP contribution >= 0.6 is 0 Å². The summed E-state index contributed by atoms with van der Waals surface area (Å²) in [5.41, 5.74) is 1.81. The van der Waals surface area contributed by atoms with Crippen LogP contribution in [0.3, 0.4) is 0 Å². The van der Waals surface area contributed by atoms with E-state index < -0.39 is 0 Å². The first-order valence-corrected chi connectivity index (χ1v) is 7.02. The van der Waals surface area contributed by atoms with E-state index in [-0.39, 0.29) is 24.7 Å². The first-order chi connectivity index (χ1) is 9.40. The van der Waals surface area contributed by atoms with Gasteiger partial charge in [0.1, 0.15) is 5.75 Å². The van der Waals surface area contributed by atoms with Crippen molar-refractivity contribution < 1.29 is 14.6 Å². The summed E-state index contributed by atoms with van der Waals surface area (Å²) >= 11 is 0. The first-order valence-electron chi connectivity index (χ1n) is 7.02. The van der Waals surface area contributed by atoms with E-state index in [1.807, 2.05) is 45.9 Å². The van der Waals surface area contributed by atoms with E-state index in [2.05, 4.69) is 5.32 Å². The third-order valence-electron chi connectivity index (χ3n) is 3.57. The summed E-state index contributed by atoms with van der Waals surface area (Å²) in [5.74, 6) is 0.564. The maximum Gasteiger partial charge on any atom is 0.258 e. The second-order valence-electron chi connectivity index (χ2n) is 5.49. The third kappa shape index (κ3) is 4.85. The predicted molar refractivity (Wildman–Crippen MR) is 80.0 cm³/mol. The van der Waals surface area contributed by atoms with Crippen LogP contribution in [0.4, 0.5) is 0 Å². The summed E-state index contributed by atoms with van der Waals surface area (Å²) in [6.45, 7) is 7.94. The topological polar surface area (TPSA) is 58.6 Å². The van der Waals surface area contributed by atoms with E-state index >= 15 is 0 Å². The van der Waals surface area contributed by atoms with Crippen LogP contribution in [0, 0.1) is 13.8 Å². The number of rotatable bonds is 7. The number of carbonyl (C=O) groups excluding carboxylic acids is 1. The van der Waals surface area contributed by atoms with E-state index in [9.17, 15) is 4.79 Å². The molecule has 1 amide bonds. The first kappa shape index (κ1) is 16.5. The van der Waals surface area contributed by atoms with E-state index in [4.69, 9.17) is 9.84 Å². The van der Waals surface area contributed by atoms with Crippen molar-refractivity contribution in [1.29, 1.82) is 0 Å². The van der Waals surface area contributed by atoms with Crippen LogP contribution in [0.15, 0.2) is 18.2 Å². The zero-order valence-corrected chi connectivity index (χ0v) is 12.8. The van der Waals surface area contributed by atoms with Crippen LogP contribution in [0.1, 0.15) is 37.8 Å². The van der Waals surface area contributed by atoms with Gasteiger partial charge in [-0.25, -0.2) is 0 Å². The van der Waals surface area contributed by atoms with Gasteiger partial charge in [-0.2, -0.15) is 0 Å². The standard InChI is InChI=1S/C16H25NO3/c1-5-16(4,8-9-18)17-15(19)11-20-14-7-6-12(2)10-13(14)3/h6-7,10,18H,5,8-9,11H2,1-4H3,(H,17,19). The van der Waals surface area contributed by atoms with Crippen LogP contribution in [0.25, 0.3) is 0 Å². The van der Waals surface area contributed by atoms with Crippen molar-refractivity contribution in [3.63, 3.8) is 0 Å². The van der Waals surface area contributed by atoms with Crippen molar-refractivity contribution in [2.45, 2.75) is 46.1 Å². The van der Waals surface area contributed by atoms with Gasteiger partial charge in [-0.05, 0) is 45.2 Å². The van der Waals surface area contributed by atoms with Gasteiger partial charge in [-0.3, -0.25) is 4.79 Å². The van der Waals surface area contributed by atoms with Gasteiger partial charge in [0.15, 0.2) is 6.61 Å². The van der Waals surface area contributed by atoms with Gasteiger partial charge >= 0.3 is 0 Å². The van der Waals surface area contributed by atoms with Gasteiger partial charge in [0.05, 0.1) is 0 Å². The summed E-state index contributed by atoms with van der Waals surface area (Å²) in [7, 11) is 0. The van der Waals surface area contributed by atoms with Crippen LogP contribution < -0.4 is 10.1 Å². The minimum absolute atomic E-state index is 0.00901. The maximum absolute atomic E-state index is 11.9. The molecular formula is C16H25NO3. The number of aryl methyl sites for hydroxylation is 2. The van der Waals surface area contributed by atoms with Crippen molar-refractivity contribution in [2.24, 2.45) is 0 Å². The molecular weight excluding hydrogens is 254 g/mol. The third-order valence-corrected chi connectivity index (χ3v) is 3.57. The van der Waals surface area contributed by atoms with E-state index in [0.717, 1.165) is 17.7 Å². The molecule has 1 aromatic carbocycles. The summed E-state index contributed by atoms with van der Waals surface area (Å²) in [4.78, 5) is 11.9. The van der Waals surface area contributed by atoms with Crippen molar-refractivity contribution in [2.75, 3.05) is 13.2 Å². The number of aliphatic hydroxyl groups excluding tert-OH is 1. The number of benzene rings is 1. The van der Waals surface area contributed by atoms with E-state index in [0.29, 0.717) is 6.42 Å². The predicted octanol–water partition coefficient (Wildman–Crippen LogP) is 2.35. The molecule has 1 unspecified atom stereocenters. The Morgan fingerprint density at radius 1 is 1.40 bits per heavy atom. The monoisotopic (exact) mass is 279 g/mol. The number of hydrogen-bond acceptors (Lipinski definition) is 3. The molecule has 20 heavy (non-hydrogen) atoms. The number of nitrogens with one attached hydrogen (secondary N) is 1. The molecule has 1 aromatic rings. The molecule has 0 saturated heterocycles. The van der Waals surface area contributed by atoms with Gasteiger partial charge in [0.2, 0.25) is 0 Å². The number of carbonyl (C=O) groups is 1. The molecule has 1 rings (SSSR count). The quantitative estimate of drug-likeness (QED) is 0.805. The van der Waals surface area contributed by atoms with Crippen LogP contribution in [-0.2, 0) is 4.79 Å². The molecule has 4 nitrogen and oxygen atoms in total. The SMILES string of the molecule is CCC(C)(CCO)NC(=O)COc1ccc(C)cc1C. The lowest BCUT2D eigenvalue weighted by atomic mass is 9.95. The Kier molecular flexibility index (Phi) is 6.02. The highest BCUT2D eigenvalue weighted by Crippen LogP contribution is 2.19. The molecule has 0 radical (unpaired) electrons. The number of ether oxygens (including phenoxy) is 1. The molecule has 0 saturated carbocycles. The smallest absolute Gasteiger partial charge is 0.258 e. The Morgan fingerprint density at radius 3 is 2.65 bits per heavy atom. The molecule has 0 aliphatic heterocycles. The minimum atomic E-state index is -0.377. The molecule has 0 aliphatic rings. The largest absolute Gasteiger partial charge is 0.484 e. The van der Waals surface area contributed by atoms with Gasteiger partial charge in [-0.15, -0.1) is 0 Å². The lowest BCUT2D eigenvalue weighted by Gasteiger charge is -2.29. The second kappa shape index (κ2) is 7.29. The lowest BCUT2D eigenvalue weighted by molar-refractivity contribution is -0.125. The van der Waals surface area contributed by atoms with Crippen molar-refractivity contribution in [1.82, 2.24) is 5.32 Å². The zero-order chi connectivity index (χ0) is 15.2. The van der Waals surface area contributed by atoms with Crippen LogP contribution in [0.2, 0.25) is 0 Å². The molecule has 0 aromatic heterocycles. The van der Waals surface area contributed by atoms with E-state index in [1.165, 1.54) is 5.56 Å².